The van der Waals surface area contributed by atoms with Crippen molar-refractivity contribution in [1.29, 1.82) is 0 Å². The Morgan fingerprint density at radius 2 is 1.91 bits per heavy atom. The third kappa shape index (κ3) is 4.84. The molecule has 0 aliphatic heterocycles. The van der Waals surface area contributed by atoms with Crippen LogP contribution in [0, 0.1) is 0 Å². The van der Waals surface area contributed by atoms with Gasteiger partial charge in [0.15, 0.2) is 0 Å². The minimum absolute atomic E-state index is 0.0223. The number of carbonyl (C=O) groups is 1. The first kappa shape index (κ1) is 16.5. The molecule has 0 unspecified atom stereocenters. The highest BCUT2D eigenvalue weighted by Crippen LogP contribution is 2.15. The molecule has 0 aromatic carbocycles. The average molecular weight is 341 g/mol. The number of nitrogens with two attached hydrogens (primary N) is 2. The van der Waals surface area contributed by atoms with Gasteiger partial charge in [0.25, 0.3) is 0 Å². The summed E-state index contributed by atoms with van der Waals surface area (Å²) in [7, 11) is 0. The standard InChI is InChI=1S/C14H14Cl2N4O2/c15-11-4-9(5-12(16)20-11)7-22-14(21)10(17)3-8-1-2-13(18)19-6-8/h1-2,4-6,10H,3,7,17H2,(H2,18,19)/t10-/m0/s1. The zero-order chi connectivity index (χ0) is 16.1. The van der Waals surface area contributed by atoms with Crippen LogP contribution in [0.25, 0.3) is 0 Å². The second-order valence-electron chi connectivity index (χ2n) is 4.63. The highest BCUT2D eigenvalue weighted by Gasteiger charge is 2.16. The van der Waals surface area contributed by atoms with Crippen molar-refractivity contribution in [2.24, 2.45) is 5.73 Å². The summed E-state index contributed by atoms with van der Waals surface area (Å²) in [6.07, 6.45) is 1.88. The van der Waals surface area contributed by atoms with Crippen molar-refractivity contribution >= 4 is 35.0 Å². The van der Waals surface area contributed by atoms with Crippen LogP contribution in [0.4, 0.5) is 5.82 Å². The van der Waals surface area contributed by atoms with Crippen molar-refractivity contribution in [2.75, 3.05) is 5.73 Å². The molecule has 2 aromatic rings. The van der Waals surface area contributed by atoms with Crippen molar-refractivity contribution in [3.63, 3.8) is 0 Å². The summed E-state index contributed by atoms with van der Waals surface area (Å²) >= 11 is 11.5. The summed E-state index contributed by atoms with van der Waals surface area (Å²) in [6.45, 7) is 0.0223. The lowest BCUT2D eigenvalue weighted by Gasteiger charge is -2.12. The molecule has 2 heterocycles. The van der Waals surface area contributed by atoms with Crippen LogP contribution in [0.1, 0.15) is 11.1 Å². The number of hydrogen-bond acceptors (Lipinski definition) is 6. The zero-order valence-corrected chi connectivity index (χ0v) is 13.0. The Balaban J connectivity index is 1.89. The van der Waals surface area contributed by atoms with Crippen LogP contribution in [-0.2, 0) is 22.6 Å². The molecule has 0 spiro atoms. The highest BCUT2D eigenvalue weighted by atomic mass is 35.5. The van der Waals surface area contributed by atoms with Gasteiger partial charge >= 0.3 is 5.97 Å². The first-order valence-corrected chi connectivity index (χ1v) is 7.14. The van der Waals surface area contributed by atoms with Crippen LogP contribution in [0.3, 0.4) is 0 Å². The van der Waals surface area contributed by atoms with Crippen LogP contribution in [-0.4, -0.2) is 22.0 Å². The lowest BCUT2D eigenvalue weighted by Crippen LogP contribution is -2.34. The maximum Gasteiger partial charge on any atom is 0.323 e. The Morgan fingerprint density at radius 3 is 2.50 bits per heavy atom. The van der Waals surface area contributed by atoms with Crippen molar-refractivity contribution in [2.45, 2.75) is 19.1 Å². The van der Waals surface area contributed by atoms with E-state index in [4.69, 9.17) is 39.4 Å². The van der Waals surface area contributed by atoms with E-state index in [1.807, 2.05) is 0 Å². The van der Waals surface area contributed by atoms with E-state index in [1.54, 1.807) is 30.5 Å². The van der Waals surface area contributed by atoms with E-state index in [9.17, 15) is 4.79 Å². The molecule has 2 rings (SSSR count). The van der Waals surface area contributed by atoms with Gasteiger partial charge in [0.1, 0.15) is 28.8 Å². The molecule has 0 bridgehead atoms. The van der Waals surface area contributed by atoms with Crippen LogP contribution >= 0.6 is 23.2 Å². The quantitative estimate of drug-likeness (QED) is 0.637. The van der Waals surface area contributed by atoms with Crippen molar-refractivity contribution < 1.29 is 9.53 Å². The summed E-state index contributed by atoms with van der Waals surface area (Å²) in [5.74, 6) is -0.118. The Morgan fingerprint density at radius 1 is 1.23 bits per heavy atom. The second kappa shape index (κ2) is 7.40. The van der Waals surface area contributed by atoms with Gasteiger partial charge in [-0.15, -0.1) is 0 Å². The molecule has 2 aromatic heterocycles. The first-order chi connectivity index (χ1) is 10.4. The molecule has 0 aliphatic carbocycles. The lowest BCUT2D eigenvalue weighted by atomic mass is 10.1. The molecule has 4 N–H and O–H groups in total. The number of pyridine rings is 2. The Labute approximate surface area is 137 Å². The third-order valence-corrected chi connectivity index (χ3v) is 3.20. The molecule has 0 amide bonds. The number of halogens is 2. The van der Waals surface area contributed by atoms with Gasteiger partial charge in [-0.2, -0.15) is 0 Å². The molecule has 0 saturated carbocycles. The van der Waals surface area contributed by atoms with E-state index < -0.39 is 12.0 Å². The number of rotatable bonds is 5. The monoisotopic (exact) mass is 340 g/mol. The fourth-order valence-corrected chi connectivity index (χ4v) is 2.26. The number of nitrogens with zero attached hydrogens (tertiary/aromatic N) is 2. The smallest absolute Gasteiger partial charge is 0.323 e. The van der Waals surface area contributed by atoms with Gasteiger partial charge in [-0.1, -0.05) is 29.3 Å². The molecule has 116 valence electrons. The highest BCUT2D eigenvalue weighted by molar-refractivity contribution is 6.32. The molecular weight excluding hydrogens is 327 g/mol. The zero-order valence-electron chi connectivity index (χ0n) is 11.5. The normalized spacial score (nSPS) is 12.0. The van der Waals surface area contributed by atoms with E-state index in [2.05, 4.69) is 9.97 Å². The largest absolute Gasteiger partial charge is 0.460 e. The van der Waals surface area contributed by atoms with Crippen molar-refractivity contribution in [3.8, 4) is 0 Å². The topological polar surface area (TPSA) is 104 Å². The van der Waals surface area contributed by atoms with Crippen LogP contribution in [0.5, 0.6) is 0 Å². The summed E-state index contributed by atoms with van der Waals surface area (Å²) in [5.41, 5.74) is 12.7. The number of carbonyl (C=O) groups excluding carboxylic acids is 1. The van der Waals surface area contributed by atoms with Crippen molar-refractivity contribution in [3.05, 3.63) is 51.9 Å². The van der Waals surface area contributed by atoms with Crippen LogP contribution < -0.4 is 11.5 Å². The van der Waals surface area contributed by atoms with E-state index in [0.717, 1.165) is 5.56 Å². The number of aromatic nitrogens is 2. The van der Waals surface area contributed by atoms with E-state index in [-0.39, 0.29) is 16.9 Å². The number of hydrogen-bond donors (Lipinski definition) is 2. The Bertz CT molecular complexity index is 644. The summed E-state index contributed by atoms with van der Waals surface area (Å²) in [5, 5.41) is 0.464. The van der Waals surface area contributed by atoms with Gasteiger partial charge in [0, 0.05) is 6.20 Å². The molecule has 8 heteroatoms. The molecular formula is C14H14Cl2N4O2. The predicted octanol–water partition coefficient (Wildman–Crippen LogP) is 1.98. The van der Waals surface area contributed by atoms with Gasteiger partial charge < -0.3 is 16.2 Å². The number of nitrogen functional groups attached to an aromatic ring is 1. The summed E-state index contributed by atoms with van der Waals surface area (Å²) in [6, 6.07) is 5.75. The minimum atomic E-state index is -0.793. The SMILES string of the molecule is Nc1ccc(C[C@H](N)C(=O)OCc2cc(Cl)nc(Cl)c2)cn1. The molecule has 0 fully saturated rings. The van der Waals surface area contributed by atoms with Gasteiger partial charge in [0.05, 0.1) is 0 Å². The van der Waals surface area contributed by atoms with Gasteiger partial charge in [0.2, 0.25) is 0 Å². The molecule has 0 saturated heterocycles. The van der Waals surface area contributed by atoms with Crippen molar-refractivity contribution in [1.82, 2.24) is 9.97 Å². The summed E-state index contributed by atoms with van der Waals surface area (Å²) in [4.78, 5) is 19.6. The molecule has 6 nitrogen and oxygen atoms in total. The number of esters is 1. The molecule has 0 radical (unpaired) electrons. The second-order valence-corrected chi connectivity index (χ2v) is 5.40. The minimum Gasteiger partial charge on any atom is -0.460 e. The average Bonchev–Trinajstić information content (AvgIpc) is 2.46. The van der Waals surface area contributed by atoms with Gasteiger partial charge in [-0.3, -0.25) is 4.79 Å². The third-order valence-electron chi connectivity index (χ3n) is 2.81. The van der Waals surface area contributed by atoms with Crippen LogP contribution in [0.2, 0.25) is 10.3 Å². The summed E-state index contributed by atoms with van der Waals surface area (Å²) < 4.78 is 5.14. The first-order valence-electron chi connectivity index (χ1n) is 6.38. The molecule has 0 aliphatic rings. The lowest BCUT2D eigenvalue weighted by molar-refractivity contribution is -0.146. The van der Waals surface area contributed by atoms with Gasteiger partial charge in [-0.05, 0) is 35.7 Å². The maximum atomic E-state index is 11.9. The molecule has 22 heavy (non-hydrogen) atoms. The fourth-order valence-electron chi connectivity index (χ4n) is 1.75. The number of anilines is 1. The van der Waals surface area contributed by atoms with Gasteiger partial charge in [-0.25, -0.2) is 9.97 Å². The van der Waals surface area contributed by atoms with Crippen LogP contribution in [0.15, 0.2) is 30.5 Å². The van der Waals surface area contributed by atoms with E-state index in [0.29, 0.717) is 17.8 Å². The molecule has 1 atom stereocenters. The number of ether oxygens (including phenoxy) is 1. The van der Waals surface area contributed by atoms with E-state index >= 15 is 0 Å². The predicted molar refractivity (Wildman–Crippen MR) is 84.4 cm³/mol. The van der Waals surface area contributed by atoms with E-state index in [1.165, 1.54) is 0 Å². The fraction of sp³-hybridized carbons (Fsp3) is 0.214. The Kier molecular flexibility index (Phi) is 5.54. The Hall–Kier alpha value is -1.89. The maximum absolute atomic E-state index is 11.9.